The van der Waals surface area contributed by atoms with E-state index in [1.54, 1.807) is 36.4 Å². The van der Waals surface area contributed by atoms with Gasteiger partial charge in [0.25, 0.3) is 5.56 Å². The van der Waals surface area contributed by atoms with Crippen molar-refractivity contribution < 1.29 is 9.18 Å². The molecular formula is C23H20FN5O3. The van der Waals surface area contributed by atoms with Crippen molar-refractivity contribution in [1.29, 1.82) is 0 Å². The molecule has 0 atom stereocenters. The van der Waals surface area contributed by atoms with Crippen molar-refractivity contribution in [2.75, 3.05) is 5.32 Å². The van der Waals surface area contributed by atoms with Gasteiger partial charge in [0.2, 0.25) is 5.91 Å². The van der Waals surface area contributed by atoms with E-state index in [-0.39, 0.29) is 11.4 Å². The Kier molecular flexibility index (Phi) is 5.55. The number of amides is 1. The number of carbonyl (C=O) groups is 1. The Bertz CT molecular complexity index is 1480. The zero-order chi connectivity index (χ0) is 22.8. The minimum atomic E-state index is -0.488. The second-order valence-electron chi connectivity index (χ2n) is 7.35. The van der Waals surface area contributed by atoms with Crippen LogP contribution in [0.25, 0.3) is 17.1 Å². The number of imidazole rings is 1. The van der Waals surface area contributed by atoms with E-state index in [0.29, 0.717) is 34.5 Å². The lowest BCUT2D eigenvalue weighted by molar-refractivity contribution is -0.111. The van der Waals surface area contributed by atoms with Crippen LogP contribution < -0.4 is 16.6 Å². The number of hydrogen-bond donors (Lipinski definition) is 2. The van der Waals surface area contributed by atoms with Crippen molar-refractivity contribution in [2.24, 2.45) is 14.1 Å². The first-order valence-electron chi connectivity index (χ1n) is 9.79. The first-order chi connectivity index (χ1) is 15.3. The Morgan fingerprint density at radius 2 is 1.97 bits per heavy atom. The van der Waals surface area contributed by atoms with Crippen molar-refractivity contribution in [2.45, 2.75) is 6.42 Å². The molecule has 2 aromatic heterocycles. The van der Waals surface area contributed by atoms with Crippen molar-refractivity contribution in [3.8, 4) is 0 Å². The third kappa shape index (κ3) is 4.27. The average Bonchev–Trinajstić information content (AvgIpc) is 3.17. The molecule has 4 rings (SSSR count). The van der Waals surface area contributed by atoms with Gasteiger partial charge < -0.3 is 14.9 Å². The summed E-state index contributed by atoms with van der Waals surface area (Å²) >= 11 is 0. The fraction of sp³-hybridized carbons (Fsp3) is 0.130. The lowest BCUT2D eigenvalue weighted by atomic mass is 10.1. The summed E-state index contributed by atoms with van der Waals surface area (Å²) in [6, 6.07) is 11.7. The van der Waals surface area contributed by atoms with Crippen molar-refractivity contribution in [3.63, 3.8) is 0 Å². The van der Waals surface area contributed by atoms with E-state index in [1.807, 2.05) is 0 Å². The molecule has 4 aromatic rings. The van der Waals surface area contributed by atoms with E-state index in [9.17, 15) is 18.8 Å². The average molecular weight is 433 g/mol. The van der Waals surface area contributed by atoms with Crippen LogP contribution in [0.5, 0.6) is 0 Å². The van der Waals surface area contributed by atoms with Crippen LogP contribution in [0.2, 0.25) is 0 Å². The number of hydrogen-bond acceptors (Lipinski definition) is 4. The Labute approximate surface area is 181 Å². The molecule has 2 aromatic carbocycles. The third-order valence-corrected chi connectivity index (χ3v) is 5.00. The minimum Gasteiger partial charge on any atom is -0.342 e. The number of fused-ring (bicyclic) bond motifs is 1. The number of aromatic amines is 1. The van der Waals surface area contributed by atoms with Crippen LogP contribution in [0.4, 0.5) is 10.1 Å². The second kappa shape index (κ2) is 8.46. The molecule has 0 saturated heterocycles. The van der Waals surface area contributed by atoms with E-state index in [2.05, 4.69) is 15.3 Å². The van der Waals surface area contributed by atoms with Crippen LogP contribution in [0.1, 0.15) is 17.0 Å². The van der Waals surface area contributed by atoms with Crippen molar-refractivity contribution in [1.82, 2.24) is 19.1 Å². The highest BCUT2D eigenvalue weighted by atomic mass is 19.1. The van der Waals surface area contributed by atoms with Gasteiger partial charge in [-0.3, -0.25) is 14.2 Å². The SMILES string of the molecule is Cn1cc(/C=C/C(=O)Nc2ccc3nc(Cc4ccccc4F)[nH]c3c2)c(=O)n(C)c1=O. The largest absolute Gasteiger partial charge is 0.342 e. The summed E-state index contributed by atoms with van der Waals surface area (Å²) in [5.74, 6) is -0.119. The van der Waals surface area contributed by atoms with Crippen molar-refractivity contribution in [3.05, 3.63) is 98.3 Å². The summed E-state index contributed by atoms with van der Waals surface area (Å²) in [7, 11) is 2.90. The molecule has 2 heterocycles. The highest BCUT2D eigenvalue weighted by Gasteiger charge is 2.09. The Morgan fingerprint density at radius 3 is 2.75 bits per heavy atom. The number of benzene rings is 2. The summed E-state index contributed by atoms with van der Waals surface area (Å²) in [4.78, 5) is 43.8. The molecule has 0 aliphatic rings. The zero-order valence-corrected chi connectivity index (χ0v) is 17.4. The van der Waals surface area contributed by atoms with Gasteiger partial charge in [-0.1, -0.05) is 18.2 Å². The number of carbonyl (C=O) groups excluding carboxylic acids is 1. The predicted octanol–water partition coefficient (Wildman–Crippen LogP) is 2.34. The van der Waals surface area contributed by atoms with Crippen LogP contribution in [0.15, 0.2) is 64.3 Å². The summed E-state index contributed by atoms with van der Waals surface area (Å²) < 4.78 is 16.1. The summed E-state index contributed by atoms with van der Waals surface area (Å²) in [6.07, 6.45) is 4.28. The molecule has 0 spiro atoms. The monoisotopic (exact) mass is 433 g/mol. The molecule has 8 nitrogen and oxygen atoms in total. The number of rotatable bonds is 5. The van der Waals surface area contributed by atoms with E-state index in [0.717, 1.165) is 4.57 Å². The summed E-state index contributed by atoms with van der Waals surface area (Å²) in [5, 5.41) is 2.72. The quantitative estimate of drug-likeness (QED) is 0.472. The Hall–Kier alpha value is -4.27. The number of anilines is 1. The smallest absolute Gasteiger partial charge is 0.330 e. The van der Waals surface area contributed by atoms with Gasteiger partial charge in [-0.15, -0.1) is 0 Å². The topological polar surface area (TPSA) is 102 Å². The van der Waals surface area contributed by atoms with Gasteiger partial charge in [-0.25, -0.2) is 14.2 Å². The molecule has 0 unspecified atom stereocenters. The first kappa shape index (κ1) is 21.0. The molecule has 0 fully saturated rings. The third-order valence-electron chi connectivity index (χ3n) is 5.00. The van der Waals surface area contributed by atoms with Crippen molar-refractivity contribution >= 4 is 28.7 Å². The molecule has 0 bridgehead atoms. The number of aromatic nitrogens is 4. The fourth-order valence-electron chi connectivity index (χ4n) is 3.35. The first-order valence-corrected chi connectivity index (χ1v) is 9.79. The number of nitrogens with one attached hydrogen (secondary N) is 2. The molecule has 0 aliphatic heterocycles. The van der Waals surface area contributed by atoms with Gasteiger partial charge in [-0.05, 0) is 35.9 Å². The lowest BCUT2D eigenvalue weighted by Crippen LogP contribution is -2.37. The highest BCUT2D eigenvalue weighted by Crippen LogP contribution is 2.19. The van der Waals surface area contributed by atoms with Crippen LogP contribution in [-0.2, 0) is 25.3 Å². The van der Waals surface area contributed by atoms with Gasteiger partial charge in [0.1, 0.15) is 11.6 Å². The molecule has 0 radical (unpaired) electrons. The molecule has 32 heavy (non-hydrogen) atoms. The molecule has 9 heteroatoms. The Morgan fingerprint density at radius 1 is 1.19 bits per heavy atom. The summed E-state index contributed by atoms with van der Waals surface area (Å²) in [6.45, 7) is 0. The molecule has 2 N–H and O–H groups in total. The number of H-pyrrole nitrogens is 1. The predicted molar refractivity (Wildman–Crippen MR) is 120 cm³/mol. The van der Waals surface area contributed by atoms with E-state index >= 15 is 0 Å². The lowest BCUT2D eigenvalue weighted by Gasteiger charge is -2.04. The van der Waals surface area contributed by atoms with Gasteiger partial charge in [0.15, 0.2) is 0 Å². The second-order valence-corrected chi connectivity index (χ2v) is 7.35. The van der Waals surface area contributed by atoms with Gasteiger partial charge in [0, 0.05) is 38.5 Å². The molecule has 1 amide bonds. The maximum Gasteiger partial charge on any atom is 0.330 e. The number of aryl methyl sites for hydroxylation is 1. The molecular weight excluding hydrogens is 413 g/mol. The van der Waals surface area contributed by atoms with Crippen LogP contribution >= 0.6 is 0 Å². The van der Waals surface area contributed by atoms with Crippen LogP contribution in [0, 0.1) is 5.82 Å². The number of halogens is 1. The maximum atomic E-state index is 13.9. The molecule has 0 saturated carbocycles. The normalized spacial score (nSPS) is 11.3. The van der Waals surface area contributed by atoms with Crippen LogP contribution in [-0.4, -0.2) is 25.0 Å². The fourth-order valence-corrected chi connectivity index (χ4v) is 3.35. The van der Waals surface area contributed by atoms with Gasteiger partial charge in [-0.2, -0.15) is 0 Å². The zero-order valence-electron chi connectivity index (χ0n) is 17.4. The standard InChI is InChI=1S/C23H20FN5O3/c1-28-13-15(22(31)29(2)23(28)32)7-10-21(30)25-16-8-9-18-19(12-16)27-20(26-18)11-14-5-3-4-6-17(14)24/h3-10,12-13H,11H2,1-2H3,(H,25,30)(H,26,27)/b10-7+. The molecule has 0 aliphatic carbocycles. The Balaban J connectivity index is 1.50. The van der Waals surface area contributed by atoms with E-state index in [4.69, 9.17) is 0 Å². The van der Waals surface area contributed by atoms with Gasteiger partial charge >= 0.3 is 5.69 Å². The highest BCUT2D eigenvalue weighted by molar-refractivity contribution is 6.02. The van der Waals surface area contributed by atoms with E-state index in [1.165, 1.54) is 43.1 Å². The van der Waals surface area contributed by atoms with Crippen LogP contribution in [0.3, 0.4) is 0 Å². The number of nitrogens with zero attached hydrogens (tertiary/aromatic N) is 3. The van der Waals surface area contributed by atoms with E-state index < -0.39 is 17.2 Å². The summed E-state index contributed by atoms with van der Waals surface area (Å²) in [5.41, 5.74) is 1.74. The maximum absolute atomic E-state index is 13.9. The minimum absolute atomic E-state index is 0.214. The van der Waals surface area contributed by atoms with Gasteiger partial charge in [0.05, 0.1) is 16.6 Å². The molecule has 162 valence electrons.